The number of fused-ring (bicyclic) bond motifs is 1. The predicted octanol–water partition coefficient (Wildman–Crippen LogP) is 3.61. The second-order valence-corrected chi connectivity index (χ2v) is 21.6. The number of nitrogens with one attached hydrogen (secondary N) is 2. The van der Waals surface area contributed by atoms with E-state index in [4.69, 9.17) is 19.5 Å². The lowest BCUT2D eigenvalue weighted by molar-refractivity contribution is -0.137. The number of ether oxygens (including phenoxy) is 1. The second-order valence-electron chi connectivity index (χ2n) is 16.2. The molecule has 10 N–H and O–H groups in total. The maximum atomic E-state index is 12.7. The zero-order valence-corrected chi connectivity index (χ0v) is 39.9. The number of imidazole rings is 1. The van der Waals surface area contributed by atoms with Gasteiger partial charge < -0.3 is 50.9 Å². The molecule has 0 radical (unpaired) electrons. The van der Waals surface area contributed by atoms with Crippen molar-refractivity contribution in [2.24, 2.45) is 11.3 Å². The summed E-state index contributed by atoms with van der Waals surface area (Å²) < 4.78 is 62.4. The lowest BCUT2D eigenvalue weighted by atomic mass is 9.87. The third kappa shape index (κ3) is 19.4. The molecule has 3 rings (SSSR count). The van der Waals surface area contributed by atoms with Crippen LogP contribution < -0.4 is 16.4 Å². The Labute approximate surface area is 376 Å². The number of rotatable bonds is 31. The van der Waals surface area contributed by atoms with Crippen LogP contribution in [-0.2, 0) is 50.7 Å². The zero-order chi connectivity index (χ0) is 47.7. The van der Waals surface area contributed by atoms with Crippen LogP contribution in [0.3, 0.4) is 0 Å². The van der Waals surface area contributed by atoms with Gasteiger partial charge in [0.15, 0.2) is 22.8 Å². The third-order valence-electron chi connectivity index (χ3n) is 10.1. The summed E-state index contributed by atoms with van der Waals surface area (Å²) in [6.45, 7) is 4.85. The summed E-state index contributed by atoms with van der Waals surface area (Å²) in [5.41, 5.74) is 4.28. The molecule has 0 aromatic carbocycles. The van der Waals surface area contributed by atoms with Crippen LogP contribution in [0.5, 0.6) is 0 Å². The number of phosphoric ester groups is 3. The highest BCUT2D eigenvalue weighted by Crippen LogP contribution is 2.61. The highest BCUT2D eigenvalue weighted by atomic mass is 32.2. The number of anilines is 1. The van der Waals surface area contributed by atoms with Gasteiger partial charge in [-0.1, -0.05) is 104 Å². The highest BCUT2D eigenvalue weighted by Gasteiger charge is 2.50. The van der Waals surface area contributed by atoms with Crippen molar-refractivity contribution in [2.75, 3.05) is 37.8 Å². The van der Waals surface area contributed by atoms with Crippen LogP contribution in [0.1, 0.15) is 111 Å². The number of nitrogens with two attached hydrogens (primary N) is 1. The molecule has 8 atom stereocenters. The summed E-state index contributed by atoms with van der Waals surface area (Å²) in [6.07, 6.45) is 5.82. The van der Waals surface area contributed by atoms with E-state index in [1.165, 1.54) is 65.2 Å². The van der Waals surface area contributed by atoms with Crippen LogP contribution in [0.25, 0.3) is 11.2 Å². The number of unbranched alkanes of at least 4 members (excludes halogenated alkanes) is 8. The molecule has 2 amide bonds. The number of hydrogen-bond acceptors (Lipinski definition) is 18. The summed E-state index contributed by atoms with van der Waals surface area (Å²) in [5, 5.41) is 26.7. The number of nitrogen functional groups attached to an aromatic ring is 1. The number of aliphatic hydroxyl groups excluding tert-OH is 2. The molecule has 1 aliphatic heterocycles. The fourth-order valence-corrected chi connectivity index (χ4v) is 10.2. The van der Waals surface area contributed by atoms with E-state index >= 15 is 0 Å². The summed E-state index contributed by atoms with van der Waals surface area (Å²) in [5.74, 6) is -0.741. The first-order valence-electron chi connectivity index (χ1n) is 21.0. The van der Waals surface area contributed by atoms with Gasteiger partial charge in [-0.05, 0) is 5.92 Å². The standard InChI is InChI=1S/C36H64N7O17P3S/c1-5-6-7-8-9-10-11-12-13-14-24(2)19-27(45)64-18-17-38-26(44)15-16-39-34(48)31(47)36(3,4)21-57-63(54,55)60-62(52,53)56-20-25-30(59-61(49,50)51)29(46)35(58-25)43-23-42-28-32(37)40-22-41-33(28)43/h22-25,29-31,35,46-47H,5-21H2,1-4H3,(H,38,44)(H,39,48)(H,52,53)(H,54,55)(H2,37,40,41)(H2,49,50,51). The molecular formula is C36H64N7O17P3S. The van der Waals surface area contributed by atoms with Crippen LogP contribution >= 0.6 is 35.2 Å². The zero-order valence-electron chi connectivity index (χ0n) is 36.4. The van der Waals surface area contributed by atoms with Crippen molar-refractivity contribution in [2.45, 2.75) is 135 Å². The van der Waals surface area contributed by atoms with E-state index in [-0.39, 0.29) is 47.5 Å². The average Bonchev–Trinajstić information content (AvgIpc) is 3.76. The molecule has 2 aromatic rings. The van der Waals surface area contributed by atoms with E-state index in [1.807, 2.05) is 0 Å². The van der Waals surface area contributed by atoms with Gasteiger partial charge in [-0.3, -0.25) is 32.5 Å². The molecule has 0 bridgehead atoms. The first-order chi connectivity index (χ1) is 29.9. The van der Waals surface area contributed by atoms with Crippen LogP contribution in [0, 0.1) is 11.3 Å². The van der Waals surface area contributed by atoms with Gasteiger partial charge >= 0.3 is 23.5 Å². The molecule has 366 valence electrons. The third-order valence-corrected chi connectivity index (χ3v) is 14.1. The Morgan fingerprint density at radius 2 is 1.59 bits per heavy atom. The van der Waals surface area contributed by atoms with Gasteiger partial charge in [0.1, 0.15) is 36.3 Å². The van der Waals surface area contributed by atoms with Gasteiger partial charge in [0.25, 0.3) is 0 Å². The second kappa shape index (κ2) is 26.2. The predicted molar refractivity (Wildman–Crippen MR) is 233 cm³/mol. The maximum Gasteiger partial charge on any atom is 0.481 e. The molecule has 1 fully saturated rings. The molecule has 64 heavy (non-hydrogen) atoms. The highest BCUT2D eigenvalue weighted by molar-refractivity contribution is 8.13. The number of aromatic nitrogens is 4. The Bertz CT molecular complexity index is 1960. The number of carbonyl (C=O) groups is 3. The molecule has 28 heteroatoms. The van der Waals surface area contributed by atoms with Crippen molar-refractivity contribution in [1.82, 2.24) is 30.2 Å². The summed E-state index contributed by atoms with van der Waals surface area (Å²) in [6, 6.07) is 0. The fraction of sp³-hybridized carbons (Fsp3) is 0.778. The SMILES string of the molecule is CCCCCCCCCCCC(C)CC(=O)SCCNC(=O)CCNC(=O)C(O)C(C)(C)COP(=O)(O)OP(=O)(O)OCC1OC(n2cnc3c(N)ncnc32)C(O)C1OP(=O)(O)O. The van der Waals surface area contributed by atoms with Gasteiger partial charge in [0, 0.05) is 37.1 Å². The van der Waals surface area contributed by atoms with E-state index < -0.39 is 84.6 Å². The van der Waals surface area contributed by atoms with E-state index in [2.05, 4.69) is 48.3 Å². The summed E-state index contributed by atoms with van der Waals surface area (Å²) in [7, 11) is -16.4. The van der Waals surface area contributed by atoms with Gasteiger partial charge in [0.05, 0.1) is 19.5 Å². The minimum Gasteiger partial charge on any atom is -0.386 e. The molecule has 0 aliphatic carbocycles. The first kappa shape index (κ1) is 55.9. The molecule has 2 aromatic heterocycles. The van der Waals surface area contributed by atoms with Crippen molar-refractivity contribution in [3.8, 4) is 0 Å². The maximum absolute atomic E-state index is 12.7. The van der Waals surface area contributed by atoms with Gasteiger partial charge in [-0.25, -0.2) is 28.6 Å². The molecule has 1 aliphatic rings. The Hall–Kier alpha value is -2.44. The first-order valence-corrected chi connectivity index (χ1v) is 26.5. The van der Waals surface area contributed by atoms with Crippen LogP contribution in [-0.4, -0.2) is 123 Å². The summed E-state index contributed by atoms with van der Waals surface area (Å²) in [4.78, 5) is 88.5. The minimum absolute atomic E-state index is 0.0333. The van der Waals surface area contributed by atoms with Crippen molar-refractivity contribution >= 4 is 69.1 Å². The molecule has 0 spiro atoms. The number of phosphoric acid groups is 3. The fourth-order valence-electron chi connectivity index (χ4n) is 6.54. The van der Waals surface area contributed by atoms with E-state index in [9.17, 15) is 57.9 Å². The lowest BCUT2D eigenvalue weighted by Crippen LogP contribution is -2.46. The number of aliphatic hydroxyl groups is 2. The Morgan fingerprint density at radius 1 is 0.953 bits per heavy atom. The van der Waals surface area contributed by atoms with Crippen LogP contribution in [0.15, 0.2) is 12.7 Å². The smallest absolute Gasteiger partial charge is 0.386 e. The normalized spacial score (nSPS) is 21.0. The number of amides is 2. The molecule has 24 nitrogen and oxygen atoms in total. The van der Waals surface area contributed by atoms with Crippen LogP contribution in [0.2, 0.25) is 0 Å². The lowest BCUT2D eigenvalue weighted by Gasteiger charge is -2.30. The summed E-state index contributed by atoms with van der Waals surface area (Å²) >= 11 is 1.16. The molecular weight excluding hydrogens is 927 g/mol. The Kier molecular flexibility index (Phi) is 22.9. The molecule has 0 saturated carbocycles. The average molecular weight is 992 g/mol. The van der Waals surface area contributed by atoms with Gasteiger partial charge in [0.2, 0.25) is 11.8 Å². The monoisotopic (exact) mass is 991 g/mol. The number of thioether (sulfide) groups is 1. The van der Waals surface area contributed by atoms with E-state index in [1.54, 1.807) is 0 Å². The number of carbonyl (C=O) groups excluding carboxylic acids is 3. The molecule has 3 heterocycles. The number of nitrogens with zero attached hydrogens (tertiary/aromatic N) is 4. The van der Waals surface area contributed by atoms with Crippen LogP contribution in [0.4, 0.5) is 5.82 Å². The largest absolute Gasteiger partial charge is 0.481 e. The van der Waals surface area contributed by atoms with Crippen molar-refractivity contribution in [1.29, 1.82) is 0 Å². The minimum atomic E-state index is -5.57. The van der Waals surface area contributed by atoms with E-state index in [0.29, 0.717) is 12.2 Å². The Morgan fingerprint density at radius 3 is 2.25 bits per heavy atom. The van der Waals surface area contributed by atoms with Crippen molar-refractivity contribution < 1.29 is 80.5 Å². The molecule has 8 unspecified atom stereocenters. The number of hydrogen-bond donors (Lipinski definition) is 9. The van der Waals surface area contributed by atoms with E-state index in [0.717, 1.165) is 41.8 Å². The Balaban J connectivity index is 1.36. The topological polar surface area (TPSA) is 364 Å². The van der Waals surface area contributed by atoms with Gasteiger partial charge in [-0.2, -0.15) is 4.31 Å². The van der Waals surface area contributed by atoms with Crippen molar-refractivity contribution in [3.05, 3.63) is 12.7 Å². The molecule has 1 saturated heterocycles. The quantitative estimate of drug-likeness (QED) is 0.0385. The van der Waals surface area contributed by atoms with Gasteiger partial charge in [-0.15, -0.1) is 0 Å². The van der Waals surface area contributed by atoms with Crippen molar-refractivity contribution in [3.63, 3.8) is 0 Å².